The molecule has 4 rings (SSSR count). The number of fused-ring (bicyclic) bond motifs is 2. The molecule has 3 N–H and O–H groups in total. The van der Waals surface area contributed by atoms with Crippen molar-refractivity contribution in [3.63, 3.8) is 0 Å². The molecule has 2 atom stereocenters. The first-order valence-electron chi connectivity index (χ1n) is 12.9. The summed E-state index contributed by atoms with van der Waals surface area (Å²) in [7, 11) is 0. The highest BCUT2D eigenvalue weighted by Crippen LogP contribution is 2.32. The number of carbonyl (C=O) groups is 4. The minimum Gasteiger partial charge on any atom is -0.444 e. The van der Waals surface area contributed by atoms with Crippen LogP contribution in [0.15, 0.2) is 30.3 Å². The summed E-state index contributed by atoms with van der Waals surface area (Å²) >= 11 is 0. The van der Waals surface area contributed by atoms with Crippen molar-refractivity contribution < 1.29 is 28.8 Å². The maximum Gasteiger partial charge on any atom is 0.407 e. The number of hydroxylamine groups is 2. The lowest BCUT2D eigenvalue weighted by Gasteiger charge is -2.36. The number of piperidine rings is 1. The summed E-state index contributed by atoms with van der Waals surface area (Å²) in [5.41, 5.74) is 5.38. The van der Waals surface area contributed by atoms with Gasteiger partial charge in [-0.2, -0.15) is 5.06 Å². The molecule has 1 aliphatic carbocycles. The number of nitrogens with zero attached hydrogens (tertiary/aromatic N) is 2. The van der Waals surface area contributed by atoms with Crippen LogP contribution in [0, 0.1) is 5.92 Å². The van der Waals surface area contributed by atoms with Gasteiger partial charge in [0.05, 0.1) is 6.04 Å². The molecule has 2 heterocycles. The molecular formula is C26H37N5O6. The van der Waals surface area contributed by atoms with E-state index in [0.717, 1.165) is 18.4 Å². The maximum absolute atomic E-state index is 12.9. The van der Waals surface area contributed by atoms with E-state index in [2.05, 4.69) is 16.2 Å². The third-order valence-corrected chi connectivity index (χ3v) is 6.90. The zero-order valence-electron chi connectivity index (χ0n) is 21.7. The monoisotopic (exact) mass is 515 g/mol. The number of hydrogen-bond donors (Lipinski definition) is 3. The summed E-state index contributed by atoms with van der Waals surface area (Å²) < 4.78 is 5.25. The third-order valence-electron chi connectivity index (χ3n) is 6.90. The summed E-state index contributed by atoms with van der Waals surface area (Å²) in [6, 6.07) is 8.58. The Morgan fingerprint density at radius 1 is 1.05 bits per heavy atom. The standard InChI is InChI=1S/C26H37N5O6/c1-26(2,3)37-24(34)27-19-13-18(14-19)9-12-22(32)28-29-23(33)21-11-10-20-15-30(21)25(35)31(20)36-16-17-7-5-4-6-8-17/h4-8,18-21H,9-16H2,1-3H3,(H,27,34)(H,28,32)(H,29,33)/t18?,19?,20?,21-/m0/s1. The van der Waals surface area contributed by atoms with Gasteiger partial charge in [-0.05, 0) is 64.4 Å². The number of alkyl carbamates (subject to hydrolysis) is 1. The number of carbonyl (C=O) groups excluding carboxylic acids is 4. The van der Waals surface area contributed by atoms with E-state index in [9.17, 15) is 19.2 Å². The molecule has 37 heavy (non-hydrogen) atoms. The molecule has 3 aliphatic rings. The van der Waals surface area contributed by atoms with Gasteiger partial charge in [0.1, 0.15) is 18.2 Å². The fourth-order valence-electron chi connectivity index (χ4n) is 4.96. The lowest BCUT2D eigenvalue weighted by molar-refractivity contribution is -0.140. The van der Waals surface area contributed by atoms with Crippen LogP contribution in [0.4, 0.5) is 9.59 Å². The van der Waals surface area contributed by atoms with Crippen molar-refractivity contribution in [2.45, 2.75) is 89.6 Å². The van der Waals surface area contributed by atoms with Crippen molar-refractivity contribution in [1.29, 1.82) is 0 Å². The number of urea groups is 1. The SMILES string of the molecule is CC(C)(C)OC(=O)NC1CC(CCC(=O)NNC(=O)[C@@H]2CCC3CN2C(=O)N3OCc2ccccc2)C1. The Kier molecular flexibility index (Phi) is 8.21. The summed E-state index contributed by atoms with van der Waals surface area (Å²) in [6.07, 6.45) is 3.23. The smallest absolute Gasteiger partial charge is 0.407 e. The first kappa shape index (κ1) is 26.7. The van der Waals surface area contributed by atoms with E-state index in [-0.39, 0.29) is 37.0 Å². The normalized spacial score (nSPS) is 24.8. The average Bonchev–Trinajstić information content (AvgIpc) is 3.06. The van der Waals surface area contributed by atoms with Crippen molar-refractivity contribution in [2.75, 3.05) is 6.54 Å². The van der Waals surface area contributed by atoms with Gasteiger partial charge in [-0.15, -0.1) is 0 Å². The quantitative estimate of drug-likeness (QED) is 0.457. The number of benzene rings is 1. The first-order chi connectivity index (χ1) is 17.6. The number of amides is 5. The van der Waals surface area contributed by atoms with E-state index >= 15 is 0 Å². The molecule has 202 valence electrons. The van der Waals surface area contributed by atoms with E-state index < -0.39 is 23.6 Å². The van der Waals surface area contributed by atoms with Gasteiger partial charge in [0, 0.05) is 19.0 Å². The van der Waals surface area contributed by atoms with Crippen LogP contribution in [0.5, 0.6) is 0 Å². The Bertz CT molecular complexity index is 991. The van der Waals surface area contributed by atoms with Crippen LogP contribution in [0.2, 0.25) is 0 Å². The van der Waals surface area contributed by atoms with Crippen molar-refractivity contribution in [1.82, 2.24) is 26.1 Å². The topological polar surface area (TPSA) is 129 Å². The molecule has 3 fully saturated rings. The number of rotatable bonds is 8. The Hall–Kier alpha value is -3.34. The summed E-state index contributed by atoms with van der Waals surface area (Å²) in [6.45, 7) is 6.15. The minimum absolute atomic E-state index is 0.0620. The molecule has 11 nitrogen and oxygen atoms in total. The van der Waals surface area contributed by atoms with Crippen molar-refractivity contribution >= 4 is 23.9 Å². The van der Waals surface area contributed by atoms with Gasteiger partial charge in [0.2, 0.25) is 5.91 Å². The number of nitrogens with one attached hydrogen (secondary N) is 3. The van der Waals surface area contributed by atoms with Gasteiger partial charge < -0.3 is 15.0 Å². The van der Waals surface area contributed by atoms with Gasteiger partial charge in [0.25, 0.3) is 5.91 Å². The second kappa shape index (κ2) is 11.4. The van der Waals surface area contributed by atoms with E-state index in [4.69, 9.17) is 9.57 Å². The number of hydrazine groups is 1. The Morgan fingerprint density at radius 2 is 1.78 bits per heavy atom. The second-order valence-corrected chi connectivity index (χ2v) is 11.0. The van der Waals surface area contributed by atoms with Crippen LogP contribution in [0.3, 0.4) is 0 Å². The average molecular weight is 516 g/mol. The van der Waals surface area contributed by atoms with Crippen LogP contribution in [-0.4, -0.2) is 64.2 Å². The van der Waals surface area contributed by atoms with Gasteiger partial charge in [-0.1, -0.05) is 30.3 Å². The van der Waals surface area contributed by atoms with E-state index in [1.54, 1.807) is 0 Å². The van der Waals surface area contributed by atoms with Gasteiger partial charge in [-0.25, -0.2) is 9.59 Å². The molecule has 11 heteroatoms. The van der Waals surface area contributed by atoms with Crippen LogP contribution in [0.1, 0.15) is 64.9 Å². The van der Waals surface area contributed by atoms with Crippen LogP contribution >= 0.6 is 0 Å². The lowest BCUT2D eigenvalue weighted by atomic mass is 9.77. The molecule has 2 bridgehead atoms. The Morgan fingerprint density at radius 3 is 2.49 bits per heavy atom. The number of hydrogen-bond acceptors (Lipinski definition) is 6. The molecular weight excluding hydrogens is 478 g/mol. The minimum atomic E-state index is -0.652. The predicted octanol–water partition coefficient (Wildman–Crippen LogP) is 2.62. The van der Waals surface area contributed by atoms with Crippen molar-refractivity contribution in [3.05, 3.63) is 35.9 Å². The molecule has 2 saturated heterocycles. The highest BCUT2D eigenvalue weighted by Gasteiger charge is 2.48. The van der Waals surface area contributed by atoms with Gasteiger partial charge in [0.15, 0.2) is 0 Å². The highest BCUT2D eigenvalue weighted by atomic mass is 16.7. The van der Waals surface area contributed by atoms with Crippen molar-refractivity contribution in [2.24, 2.45) is 5.92 Å². The van der Waals surface area contributed by atoms with E-state index in [1.807, 2.05) is 51.1 Å². The molecule has 0 spiro atoms. The Balaban J connectivity index is 1.13. The molecule has 0 radical (unpaired) electrons. The third kappa shape index (κ3) is 7.12. The van der Waals surface area contributed by atoms with E-state index in [0.29, 0.717) is 31.7 Å². The molecule has 1 saturated carbocycles. The van der Waals surface area contributed by atoms with Crippen LogP contribution in [-0.2, 0) is 25.8 Å². The summed E-state index contributed by atoms with van der Waals surface area (Å²) in [4.78, 5) is 57.0. The predicted molar refractivity (Wildman–Crippen MR) is 133 cm³/mol. The number of ether oxygens (including phenoxy) is 1. The molecule has 1 unspecified atom stereocenters. The highest BCUT2D eigenvalue weighted by molar-refractivity contribution is 5.90. The second-order valence-electron chi connectivity index (χ2n) is 11.0. The molecule has 0 aromatic heterocycles. The summed E-state index contributed by atoms with van der Waals surface area (Å²) in [5.74, 6) is -0.359. The maximum atomic E-state index is 12.9. The van der Waals surface area contributed by atoms with Gasteiger partial charge in [-0.3, -0.25) is 25.3 Å². The van der Waals surface area contributed by atoms with Crippen LogP contribution in [0.25, 0.3) is 0 Å². The fraction of sp³-hybridized carbons (Fsp3) is 0.615. The fourth-order valence-corrected chi connectivity index (χ4v) is 4.96. The molecule has 2 aliphatic heterocycles. The summed E-state index contributed by atoms with van der Waals surface area (Å²) in [5, 5.41) is 4.22. The molecule has 1 aromatic carbocycles. The van der Waals surface area contributed by atoms with Crippen LogP contribution < -0.4 is 16.2 Å². The Labute approximate surface area is 217 Å². The van der Waals surface area contributed by atoms with Gasteiger partial charge >= 0.3 is 12.1 Å². The lowest BCUT2D eigenvalue weighted by Crippen LogP contribution is -2.54. The zero-order chi connectivity index (χ0) is 26.6. The molecule has 1 aromatic rings. The largest absolute Gasteiger partial charge is 0.444 e. The first-order valence-corrected chi connectivity index (χ1v) is 12.9. The van der Waals surface area contributed by atoms with Crippen molar-refractivity contribution in [3.8, 4) is 0 Å². The molecule has 5 amide bonds. The van der Waals surface area contributed by atoms with E-state index in [1.165, 1.54) is 9.96 Å². The zero-order valence-corrected chi connectivity index (χ0v) is 21.7.